The van der Waals surface area contributed by atoms with Gasteiger partial charge < -0.3 is 14.9 Å². The number of rotatable bonds is 5. The maximum Gasteiger partial charge on any atom is 0.270 e. The largest absolute Gasteiger partial charge is 0.490 e. The molecule has 0 unspecified atom stereocenters. The van der Waals surface area contributed by atoms with Crippen LogP contribution < -0.4 is 4.74 Å². The molecule has 0 radical (unpaired) electrons. The molecule has 1 rings (SSSR count). The van der Waals surface area contributed by atoms with Gasteiger partial charge in [0.15, 0.2) is 0 Å². The fraction of sp³-hybridized carbons (Fsp3) is 0.455. The van der Waals surface area contributed by atoms with Crippen molar-refractivity contribution < 1.29 is 19.9 Å². The molecule has 0 aliphatic carbocycles. The van der Waals surface area contributed by atoms with E-state index in [0.29, 0.717) is 11.3 Å². The topological polar surface area (TPSA) is 92.8 Å². The first-order valence-corrected chi connectivity index (χ1v) is 5.07. The minimum Gasteiger partial charge on any atom is -0.490 e. The molecular weight excluding hydrogens is 226 g/mol. The fourth-order valence-corrected chi connectivity index (χ4v) is 1.20. The van der Waals surface area contributed by atoms with Gasteiger partial charge in [0.2, 0.25) is 0 Å². The molecule has 0 spiro atoms. The molecule has 0 aliphatic rings. The Kier molecular flexibility index (Phi) is 4.03. The van der Waals surface area contributed by atoms with E-state index in [4.69, 9.17) is 9.84 Å². The third kappa shape index (κ3) is 4.01. The van der Waals surface area contributed by atoms with Gasteiger partial charge in [0.1, 0.15) is 12.4 Å². The van der Waals surface area contributed by atoms with E-state index in [9.17, 15) is 15.2 Å². The summed E-state index contributed by atoms with van der Waals surface area (Å²) in [5.74, 6) is 0.334. The molecule has 1 aromatic rings. The number of non-ortho nitro benzene ring substituents is 1. The Morgan fingerprint density at radius 3 is 2.59 bits per heavy atom. The van der Waals surface area contributed by atoms with Gasteiger partial charge in [-0.15, -0.1) is 0 Å². The lowest BCUT2D eigenvalue weighted by molar-refractivity contribution is -0.385. The number of nitro groups is 1. The van der Waals surface area contributed by atoms with Gasteiger partial charge in [0.05, 0.1) is 17.1 Å². The second-order valence-corrected chi connectivity index (χ2v) is 4.31. The monoisotopic (exact) mass is 241 g/mol. The van der Waals surface area contributed by atoms with Crippen LogP contribution in [-0.4, -0.2) is 27.3 Å². The number of aliphatic hydroxyl groups is 2. The van der Waals surface area contributed by atoms with Crippen molar-refractivity contribution in [1.82, 2.24) is 0 Å². The van der Waals surface area contributed by atoms with Crippen molar-refractivity contribution in [3.8, 4) is 5.75 Å². The molecule has 17 heavy (non-hydrogen) atoms. The highest BCUT2D eigenvalue weighted by molar-refractivity contribution is 5.43. The average molecular weight is 241 g/mol. The molecule has 0 fully saturated rings. The second-order valence-electron chi connectivity index (χ2n) is 4.31. The Bertz CT molecular complexity index is 411. The highest BCUT2D eigenvalue weighted by Crippen LogP contribution is 2.24. The Labute approximate surface area is 98.6 Å². The summed E-state index contributed by atoms with van der Waals surface area (Å²) in [5.41, 5.74) is -0.790. The lowest BCUT2D eigenvalue weighted by Gasteiger charge is -2.18. The molecule has 0 aromatic heterocycles. The zero-order valence-corrected chi connectivity index (χ0v) is 9.71. The van der Waals surface area contributed by atoms with E-state index in [-0.39, 0.29) is 18.9 Å². The Balaban J connectivity index is 2.89. The molecule has 1 aromatic carbocycles. The van der Waals surface area contributed by atoms with Crippen molar-refractivity contribution in [3.05, 3.63) is 33.9 Å². The number of benzene rings is 1. The minimum absolute atomic E-state index is 0.0395. The zero-order valence-electron chi connectivity index (χ0n) is 9.71. The molecule has 0 heterocycles. The number of aliphatic hydroxyl groups excluding tert-OH is 1. The van der Waals surface area contributed by atoms with Gasteiger partial charge in [0.25, 0.3) is 5.69 Å². The Morgan fingerprint density at radius 1 is 1.47 bits per heavy atom. The second kappa shape index (κ2) is 5.11. The van der Waals surface area contributed by atoms with E-state index in [1.807, 2.05) is 0 Å². The van der Waals surface area contributed by atoms with E-state index in [0.717, 1.165) is 0 Å². The van der Waals surface area contributed by atoms with Crippen LogP contribution in [0, 0.1) is 10.1 Å². The maximum atomic E-state index is 10.5. The lowest BCUT2D eigenvalue weighted by Crippen LogP contribution is -2.28. The van der Waals surface area contributed by atoms with Crippen molar-refractivity contribution in [2.45, 2.75) is 26.1 Å². The van der Waals surface area contributed by atoms with Crippen LogP contribution in [0.15, 0.2) is 18.2 Å². The van der Waals surface area contributed by atoms with Gasteiger partial charge in [-0.05, 0) is 19.9 Å². The van der Waals surface area contributed by atoms with Gasteiger partial charge in [-0.25, -0.2) is 0 Å². The van der Waals surface area contributed by atoms with Gasteiger partial charge >= 0.3 is 0 Å². The van der Waals surface area contributed by atoms with Gasteiger partial charge in [-0.2, -0.15) is 0 Å². The summed E-state index contributed by atoms with van der Waals surface area (Å²) in [6.07, 6.45) is 0. The molecule has 2 N–H and O–H groups in total. The first kappa shape index (κ1) is 13.4. The van der Waals surface area contributed by atoms with Crippen LogP contribution in [0.1, 0.15) is 19.4 Å². The molecule has 0 saturated heterocycles. The summed E-state index contributed by atoms with van der Waals surface area (Å²) < 4.78 is 5.29. The molecule has 0 aliphatic heterocycles. The predicted molar refractivity (Wildman–Crippen MR) is 60.8 cm³/mol. The van der Waals surface area contributed by atoms with Crippen LogP contribution >= 0.6 is 0 Å². The number of nitrogens with zero attached hydrogens (tertiary/aromatic N) is 1. The molecular formula is C11H15NO5. The summed E-state index contributed by atoms with van der Waals surface area (Å²) in [6, 6.07) is 3.95. The third-order valence-corrected chi connectivity index (χ3v) is 2.01. The highest BCUT2D eigenvalue weighted by atomic mass is 16.6. The first-order valence-electron chi connectivity index (χ1n) is 5.07. The standard InChI is InChI=1S/C11H15NO5/c1-11(2,14)7-17-10-4-3-9(12(15)16)5-8(10)6-13/h3-5,13-14H,6-7H2,1-2H3. The van der Waals surface area contributed by atoms with E-state index in [1.165, 1.54) is 18.2 Å². The Hall–Kier alpha value is -1.66. The SMILES string of the molecule is CC(C)(O)COc1ccc([N+](=O)[O-])cc1CO. The quantitative estimate of drug-likeness (QED) is 0.597. The number of hydrogen-bond acceptors (Lipinski definition) is 5. The number of nitro benzene ring substituents is 1. The summed E-state index contributed by atoms with van der Waals surface area (Å²) in [6.45, 7) is 2.84. The molecule has 6 nitrogen and oxygen atoms in total. The summed E-state index contributed by atoms with van der Waals surface area (Å²) in [7, 11) is 0. The van der Waals surface area contributed by atoms with E-state index in [2.05, 4.69) is 0 Å². The van der Waals surface area contributed by atoms with Crippen LogP contribution in [0.25, 0.3) is 0 Å². The van der Waals surface area contributed by atoms with E-state index < -0.39 is 10.5 Å². The van der Waals surface area contributed by atoms with Crippen LogP contribution in [0.5, 0.6) is 5.75 Å². The lowest BCUT2D eigenvalue weighted by atomic mass is 10.1. The highest BCUT2D eigenvalue weighted by Gasteiger charge is 2.16. The van der Waals surface area contributed by atoms with Gasteiger partial charge in [0, 0.05) is 17.7 Å². The van der Waals surface area contributed by atoms with Gasteiger partial charge in [-0.1, -0.05) is 0 Å². The molecule has 94 valence electrons. The molecule has 0 saturated carbocycles. The van der Waals surface area contributed by atoms with Crippen LogP contribution in [0.4, 0.5) is 5.69 Å². The summed E-state index contributed by atoms with van der Waals surface area (Å²) in [5, 5.41) is 29.1. The smallest absolute Gasteiger partial charge is 0.270 e. The minimum atomic E-state index is -1.01. The normalized spacial score (nSPS) is 11.3. The van der Waals surface area contributed by atoms with Crippen molar-refractivity contribution in [2.75, 3.05) is 6.61 Å². The molecule has 0 bridgehead atoms. The first-order chi connectivity index (χ1) is 7.83. The van der Waals surface area contributed by atoms with Crippen molar-refractivity contribution in [2.24, 2.45) is 0 Å². The molecule has 0 atom stereocenters. The number of hydrogen-bond donors (Lipinski definition) is 2. The average Bonchev–Trinajstić information content (AvgIpc) is 2.24. The predicted octanol–water partition coefficient (Wildman–Crippen LogP) is 1.24. The maximum absolute atomic E-state index is 10.5. The summed E-state index contributed by atoms with van der Waals surface area (Å²) >= 11 is 0. The van der Waals surface area contributed by atoms with E-state index in [1.54, 1.807) is 13.8 Å². The fourth-order valence-electron chi connectivity index (χ4n) is 1.20. The Morgan fingerprint density at radius 2 is 2.12 bits per heavy atom. The zero-order chi connectivity index (χ0) is 13.1. The van der Waals surface area contributed by atoms with Crippen LogP contribution in [-0.2, 0) is 6.61 Å². The van der Waals surface area contributed by atoms with Crippen LogP contribution in [0.3, 0.4) is 0 Å². The third-order valence-electron chi connectivity index (χ3n) is 2.01. The van der Waals surface area contributed by atoms with Crippen molar-refractivity contribution in [1.29, 1.82) is 0 Å². The van der Waals surface area contributed by atoms with Gasteiger partial charge in [-0.3, -0.25) is 10.1 Å². The van der Waals surface area contributed by atoms with E-state index >= 15 is 0 Å². The van der Waals surface area contributed by atoms with Crippen molar-refractivity contribution >= 4 is 5.69 Å². The molecule has 6 heteroatoms. The number of ether oxygens (including phenoxy) is 1. The summed E-state index contributed by atoms with van der Waals surface area (Å²) in [4.78, 5) is 10.00. The molecule has 0 amide bonds. The van der Waals surface area contributed by atoms with Crippen LogP contribution in [0.2, 0.25) is 0 Å². The van der Waals surface area contributed by atoms with Crippen molar-refractivity contribution in [3.63, 3.8) is 0 Å².